The molecule has 6 heteroatoms. The first-order chi connectivity index (χ1) is 14.1. The Labute approximate surface area is 169 Å². The Kier molecular flexibility index (Phi) is 5.77. The number of rotatable bonds is 7. The molecular formula is C23H24FN3O2. The molecule has 2 fully saturated rings. The van der Waals surface area contributed by atoms with Crippen LogP contribution in [0.2, 0.25) is 0 Å². The average molecular weight is 393 g/mol. The molecule has 2 bridgehead atoms. The lowest BCUT2D eigenvalue weighted by atomic mass is 9.98. The molecule has 0 aromatic heterocycles. The maximum Gasteiger partial charge on any atom is 0.238 e. The largest absolute Gasteiger partial charge is 0.489 e. The van der Waals surface area contributed by atoms with Gasteiger partial charge in [0, 0.05) is 18.5 Å². The van der Waals surface area contributed by atoms with Crippen LogP contribution in [0.5, 0.6) is 5.75 Å². The number of hydrogen-bond donors (Lipinski definition) is 2. The van der Waals surface area contributed by atoms with Gasteiger partial charge in [-0.2, -0.15) is 5.26 Å². The minimum atomic E-state index is -0.769. The van der Waals surface area contributed by atoms with Crippen molar-refractivity contribution in [1.82, 2.24) is 10.6 Å². The maximum absolute atomic E-state index is 14.5. The fraction of sp³-hybridized carbons (Fsp3) is 0.391. The number of piperidine rings is 1. The van der Waals surface area contributed by atoms with Gasteiger partial charge in [-0.05, 0) is 42.4 Å². The standard InChI is InChI=1S/C23H24FN3O2/c24-21-12-20(29-14-15-4-2-1-3-5-15)9-7-16(21)10-19(13-25)27-23(28)22-17-6-8-18(11-17)26-22/h1-5,7,9,12,17-19,22,26H,6,8,10-11,14H2,(H,27,28). The van der Waals surface area contributed by atoms with Gasteiger partial charge >= 0.3 is 0 Å². The van der Waals surface area contributed by atoms with E-state index >= 15 is 0 Å². The van der Waals surface area contributed by atoms with Crippen molar-refractivity contribution in [2.45, 2.75) is 50.4 Å². The third kappa shape index (κ3) is 4.57. The van der Waals surface area contributed by atoms with E-state index in [2.05, 4.69) is 16.7 Å². The van der Waals surface area contributed by atoms with Gasteiger partial charge in [-0.1, -0.05) is 36.4 Å². The van der Waals surface area contributed by atoms with Crippen LogP contribution >= 0.6 is 0 Å². The van der Waals surface area contributed by atoms with E-state index in [0.717, 1.165) is 24.8 Å². The Morgan fingerprint density at radius 3 is 2.76 bits per heavy atom. The van der Waals surface area contributed by atoms with E-state index in [1.54, 1.807) is 12.1 Å². The van der Waals surface area contributed by atoms with E-state index in [9.17, 15) is 14.4 Å². The van der Waals surface area contributed by atoms with Crippen LogP contribution in [-0.2, 0) is 17.8 Å². The summed E-state index contributed by atoms with van der Waals surface area (Å²) < 4.78 is 20.2. The molecule has 2 aromatic carbocycles. The molecule has 1 amide bonds. The second-order valence-corrected chi connectivity index (χ2v) is 7.84. The molecule has 0 spiro atoms. The summed E-state index contributed by atoms with van der Waals surface area (Å²) in [6.45, 7) is 0.354. The van der Waals surface area contributed by atoms with Crippen molar-refractivity contribution in [1.29, 1.82) is 5.26 Å². The number of ether oxygens (including phenoxy) is 1. The fourth-order valence-corrected chi connectivity index (χ4v) is 4.28. The highest BCUT2D eigenvalue weighted by molar-refractivity contribution is 5.83. The van der Waals surface area contributed by atoms with E-state index < -0.39 is 11.9 Å². The van der Waals surface area contributed by atoms with E-state index in [1.807, 2.05) is 30.3 Å². The van der Waals surface area contributed by atoms with Crippen molar-refractivity contribution in [2.75, 3.05) is 0 Å². The molecular weight excluding hydrogens is 369 g/mol. The Morgan fingerprint density at radius 1 is 1.28 bits per heavy atom. The van der Waals surface area contributed by atoms with Crippen LogP contribution in [0.15, 0.2) is 48.5 Å². The van der Waals surface area contributed by atoms with Crippen LogP contribution in [0, 0.1) is 23.1 Å². The molecule has 150 valence electrons. The van der Waals surface area contributed by atoms with Crippen molar-refractivity contribution in [2.24, 2.45) is 5.92 Å². The van der Waals surface area contributed by atoms with Crippen LogP contribution in [-0.4, -0.2) is 24.0 Å². The molecule has 1 aliphatic heterocycles. The number of nitriles is 1. The highest BCUT2D eigenvalue weighted by atomic mass is 19.1. The zero-order valence-electron chi connectivity index (χ0n) is 16.1. The molecule has 1 aliphatic carbocycles. The molecule has 1 heterocycles. The summed E-state index contributed by atoms with van der Waals surface area (Å²) in [6, 6.07) is 15.8. The molecule has 1 saturated carbocycles. The number of nitrogens with zero attached hydrogens (tertiary/aromatic N) is 1. The normalized spacial score (nSPS) is 23.4. The SMILES string of the molecule is N#CC(Cc1ccc(OCc2ccccc2)cc1F)NC(=O)C1NC2CCC1C2. The first kappa shape index (κ1) is 19.4. The highest BCUT2D eigenvalue weighted by Gasteiger charge is 2.43. The molecule has 2 aliphatic rings. The molecule has 0 radical (unpaired) electrons. The number of nitrogens with one attached hydrogen (secondary N) is 2. The molecule has 1 saturated heterocycles. The first-order valence-electron chi connectivity index (χ1n) is 10.0. The predicted molar refractivity (Wildman–Crippen MR) is 106 cm³/mol. The minimum absolute atomic E-state index is 0.119. The Balaban J connectivity index is 1.33. The van der Waals surface area contributed by atoms with Crippen LogP contribution in [0.4, 0.5) is 4.39 Å². The maximum atomic E-state index is 14.5. The molecule has 5 nitrogen and oxygen atoms in total. The fourth-order valence-electron chi connectivity index (χ4n) is 4.28. The zero-order chi connectivity index (χ0) is 20.2. The van der Waals surface area contributed by atoms with Gasteiger partial charge in [-0.25, -0.2) is 4.39 Å². The molecule has 4 rings (SSSR count). The van der Waals surface area contributed by atoms with Crippen LogP contribution in [0.3, 0.4) is 0 Å². The summed E-state index contributed by atoms with van der Waals surface area (Å²) in [7, 11) is 0. The van der Waals surface area contributed by atoms with Gasteiger partial charge in [0.15, 0.2) is 0 Å². The summed E-state index contributed by atoms with van der Waals surface area (Å²) in [5, 5.41) is 15.5. The van der Waals surface area contributed by atoms with Crippen molar-refractivity contribution in [3.8, 4) is 11.8 Å². The topological polar surface area (TPSA) is 74.1 Å². The van der Waals surface area contributed by atoms with E-state index in [1.165, 1.54) is 6.07 Å². The number of carbonyl (C=O) groups is 1. The van der Waals surface area contributed by atoms with Gasteiger partial charge in [-0.3, -0.25) is 4.79 Å². The van der Waals surface area contributed by atoms with Crippen molar-refractivity contribution >= 4 is 5.91 Å². The Morgan fingerprint density at radius 2 is 2.10 bits per heavy atom. The van der Waals surface area contributed by atoms with Gasteiger partial charge in [0.25, 0.3) is 0 Å². The summed E-state index contributed by atoms with van der Waals surface area (Å²) in [4.78, 5) is 12.5. The number of halogens is 1. The predicted octanol–water partition coefficient (Wildman–Crippen LogP) is 3.10. The van der Waals surface area contributed by atoms with E-state index in [4.69, 9.17) is 4.74 Å². The first-order valence-corrected chi connectivity index (χ1v) is 10.0. The van der Waals surface area contributed by atoms with Gasteiger partial charge in [0.2, 0.25) is 5.91 Å². The molecule has 2 aromatic rings. The number of amides is 1. The summed E-state index contributed by atoms with van der Waals surface area (Å²) in [5.41, 5.74) is 1.38. The Bertz CT molecular complexity index is 912. The summed E-state index contributed by atoms with van der Waals surface area (Å²) >= 11 is 0. The van der Waals surface area contributed by atoms with E-state index in [-0.39, 0.29) is 18.4 Å². The Hall–Kier alpha value is -2.91. The summed E-state index contributed by atoms with van der Waals surface area (Å²) in [6.07, 6.45) is 3.30. The van der Waals surface area contributed by atoms with Crippen molar-refractivity contribution in [3.63, 3.8) is 0 Å². The minimum Gasteiger partial charge on any atom is -0.489 e. The zero-order valence-corrected chi connectivity index (χ0v) is 16.1. The lowest BCUT2D eigenvalue weighted by Crippen LogP contribution is -2.50. The number of hydrogen-bond acceptors (Lipinski definition) is 4. The lowest BCUT2D eigenvalue weighted by molar-refractivity contribution is -0.124. The second-order valence-electron chi connectivity index (χ2n) is 7.84. The number of fused-ring (bicyclic) bond motifs is 2. The van der Waals surface area contributed by atoms with Crippen molar-refractivity contribution in [3.05, 3.63) is 65.5 Å². The second kappa shape index (κ2) is 8.62. The molecule has 2 N–H and O–H groups in total. The quantitative estimate of drug-likeness (QED) is 0.758. The van der Waals surface area contributed by atoms with Gasteiger partial charge in [0.1, 0.15) is 24.2 Å². The van der Waals surface area contributed by atoms with Gasteiger partial charge in [-0.15, -0.1) is 0 Å². The monoisotopic (exact) mass is 393 g/mol. The molecule has 29 heavy (non-hydrogen) atoms. The number of benzene rings is 2. The van der Waals surface area contributed by atoms with Gasteiger partial charge < -0.3 is 15.4 Å². The lowest BCUT2D eigenvalue weighted by Gasteiger charge is -2.23. The molecule has 4 atom stereocenters. The smallest absolute Gasteiger partial charge is 0.238 e. The van der Waals surface area contributed by atoms with E-state index in [0.29, 0.717) is 29.9 Å². The molecule has 4 unspecified atom stereocenters. The van der Waals surface area contributed by atoms with Crippen LogP contribution in [0.1, 0.15) is 30.4 Å². The average Bonchev–Trinajstić information content (AvgIpc) is 3.38. The van der Waals surface area contributed by atoms with Gasteiger partial charge in [0.05, 0.1) is 12.1 Å². The summed E-state index contributed by atoms with van der Waals surface area (Å²) in [5.74, 6) is 0.172. The highest BCUT2D eigenvalue weighted by Crippen LogP contribution is 2.35. The number of carbonyl (C=O) groups excluding carboxylic acids is 1. The van der Waals surface area contributed by atoms with Crippen LogP contribution in [0.25, 0.3) is 0 Å². The van der Waals surface area contributed by atoms with Crippen molar-refractivity contribution < 1.29 is 13.9 Å². The third-order valence-corrected chi connectivity index (χ3v) is 5.81. The van der Waals surface area contributed by atoms with Crippen LogP contribution < -0.4 is 15.4 Å². The third-order valence-electron chi connectivity index (χ3n) is 5.81.